The van der Waals surface area contributed by atoms with Crippen LogP contribution in [0.5, 0.6) is 0 Å². The van der Waals surface area contributed by atoms with Crippen LogP contribution in [0.15, 0.2) is 47.6 Å². The molecule has 0 saturated carbocycles. The lowest BCUT2D eigenvalue weighted by Gasteiger charge is -2.10. The Morgan fingerprint density at radius 2 is 2.10 bits per heavy atom. The summed E-state index contributed by atoms with van der Waals surface area (Å²) in [6.45, 7) is 4.92. The SMILES string of the molecule is CC(C)c1cccc(NC(N)=NCc2cccn2C)c1. The number of hydrogen-bond donors (Lipinski definition) is 2. The van der Waals surface area contributed by atoms with Crippen molar-refractivity contribution in [2.24, 2.45) is 17.8 Å². The second-order valence-corrected chi connectivity index (χ2v) is 5.22. The van der Waals surface area contributed by atoms with Gasteiger partial charge in [-0.2, -0.15) is 0 Å². The van der Waals surface area contributed by atoms with E-state index in [1.54, 1.807) is 0 Å². The Morgan fingerprint density at radius 1 is 1.30 bits per heavy atom. The number of nitrogens with one attached hydrogen (secondary N) is 1. The number of nitrogens with two attached hydrogens (primary N) is 1. The number of aromatic nitrogens is 1. The van der Waals surface area contributed by atoms with Crippen LogP contribution < -0.4 is 11.1 Å². The number of rotatable bonds is 4. The van der Waals surface area contributed by atoms with Gasteiger partial charge in [-0.1, -0.05) is 26.0 Å². The van der Waals surface area contributed by atoms with Crippen LogP contribution in [0.3, 0.4) is 0 Å². The maximum Gasteiger partial charge on any atom is 0.193 e. The summed E-state index contributed by atoms with van der Waals surface area (Å²) in [7, 11) is 2.00. The van der Waals surface area contributed by atoms with Crippen molar-refractivity contribution in [2.45, 2.75) is 26.3 Å². The summed E-state index contributed by atoms with van der Waals surface area (Å²) in [6.07, 6.45) is 2.00. The number of guanidine groups is 1. The van der Waals surface area contributed by atoms with Gasteiger partial charge in [0, 0.05) is 24.6 Å². The molecule has 4 heteroatoms. The fraction of sp³-hybridized carbons (Fsp3) is 0.312. The molecule has 106 valence electrons. The first-order valence-electron chi connectivity index (χ1n) is 6.83. The van der Waals surface area contributed by atoms with Gasteiger partial charge in [-0.15, -0.1) is 0 Å². The van der Waals surface area contributed by atoms with Gasteiger partial charge >= 0.3 is 0 Å². The molecule has 0 unspecified atom stereocenters. The van der Waals surface area contributed by atoms with Crippen LogP contribution in [-0.4, -0.2) is 10.5 Å². The van der Waals surface area contributed by atoms with Gasteiger partial charge in [0.25, 0.3) is 0 Å². The summed E-state index contributed by atoms with van der Waals surface area (Å²) in [5.74, 6) is 0.936. The van der Waals surface area contributed by atoms with Gasteiger partial charge < -0.3 is 15.6 Å². The summed E-state index contributed by atoms with van der Waals surface area (Å²) in [6, 6.07) is 12.3. The molecule has 1 aromatic heterocycles. The maximum atomic E-state index is 5.93. The monoisotopic (exact) mass is 270 g/mol. The summed E-state index contributed by atoms with van der Waals surface area (Å²) in [4.78, 5) is 4.36. The minimum atomic E-state index is 0.437. The maximum absolute atomic E-state index is 5.93. The van der Waals surface area contributed by atoms with Crippen molar-refractivity contribution in [3.05, 3.63) is 53.9 Å². The molecule has 0 spiro atoms. The van der Waals surface area contributed by atoms with Crippen molar-refractivity contribution in [2.75, 3.05) is 5.32 Å². The standard InChI is InChI=1S/C16H22N4/c1-12(2)13-6-4-7-14(10-13)19-16(17)18-11-15-8-5-9-20(15)3/h4-10,12H,11H2,1-3H3,(H3,17,18,19). The lowest BCUT2D eigenvalue weighted by atomic mass is 10.0. The number of aryl methyl sites for hydroxylation is 1. The van der Waals surface area contributed by atoms with Gasteiger partial charge in [-0.25, -0.2) is 4.99 Å². The van der Waals surface area contributed by atoms with E-state index in [2.05, 4.69) is 36.3 Å². The van der Waals surface area contributed by atoms with E-state index in [0.717, 1.165) is 11.4 Å². The third-order valence-electron chi connectivity index (χ3n) is 3.29. The van der Waals surface area contributed by atoms with Gasteiger partial charge in [0.05, 0.1) is 6.54 Å². The van der Waals surface area contributed by atoms with Crippen LogP contribution in [0, 0.1) is 0 Å². The van der Waals surface area contributed by atoms with Crippen LogP contribution in [0.4, 0.5) is 5.69 Å². The molecule has 1 heterocycles. The largest absolute Gasteiger partial charge is 0.370 e. The zero-order chi connectivity index (χ0) is 14.5. The van der Waals surface area contributed by atoms with Gasteiger partial charge in [0.1, 0.15) is 0 Å². The van der Waals surface area contributed by atoms with Crippen LogP contribution in [0.1, 0.15) is 31.0 Å². The highest BCUT2D eigenvalue weighted by Crippen LogP contribution is 2.18. The van der Waals surface area contributed by atoms with Crippen molar-refractivity contribution in [1.82, 2.24) is 4.57 Å². The Labute approximate surface area is 120 Å². The van der Waals surface area contributed by atoms with E-state index in [0.29, 0.717) is 18.4 Å². The first-order chi connectivity index (χ1) is 9.56. The summed E-state index contributed by atoms with van der Waals surface area (Å²) < 4.78 is 2.04. The van der Waals surface area contributed by atoms with Gasteiger partial charge in [-0.3, -0.25) is 0 Å². The van der Waals surface area contributed by atoms with Crippen LogP contribution >= 0.6 is 0 Å². The average molecular weight is 270 g/mol. The summed E-state index contributed by atoms with van der Waals surface area (Å²) in [5.41, 5.74) is 9.32. The average Bonchev–Trinajstić information content (AvgIpc) is 2.82. The lowest BCUT2D eigenvalue weighted by Crippen LogP contribution is -2.22. The smallest absolute Gasteiger partial charge is 0.193 e. The molecule has 20 heavy (non-hydrogen) atoms. The fourth-order valence-corrected chi connectivity index (χ4v) is 1.99. The van der Waals surface area contributed by atoms with Crippen LogP contribution in [0.25, 0.3) is 0 Å². The Bertz CT molecular complexity index is 596. The Kier molecular flexibility index (Phi) is 4.45. The predicted molar refractivity (Wildman–Crippen MR) is 84.9 cm³/mol. The number of nitrogens with zero attached hydrogens (tertiary/aromatic N) is 2. The van der Waals surface area contributed by atoms with Crippen LogP contribution in [-0.2, 0) is 13.6 Å². The topological polar surface area (TPSA) is 55.3 Å². The minimum absolute atomic E-state index is 0.437. The van der Waals surface area contributed by atoms with E-state index < -0.39 is 0 Å². The molecule has 0 atom stereocenters. The minimum Gasteiger partial charge on any atom is -0.370 e. The van der Waals surface area contributed by atoms with Crippen molar-refractivity contribution < 1.29 is 0 Å². The normalized spacial score (nSPS) is 11.9. The molecule has 2 aromatic rings. The van der Waals surface area contributed by atoms with E-state index in [4.69, 9.17) is 5.73 Å². The Morgan fingerprint density at radius 3 is 2.75 bits per heavy atom. The Balaban J connectivity index is 2.02. The van der Waals surface area contributed by atoms with Gasteiger partial charge in [-0.05, 0) is 35.7 Å². The van der Waals surface area contributed by atoms with Crippen molar-refractivity contribution in [3.8, 4) is 0 Å². The zero-order valence-electron chi connectivity index (χ0n) is 12.3. The molecule has 0 aliphatic heterocycles. The third kappa shape index (κ3) is 3.63. The molecule has 3 N–H and O–H groups in total. The predicted octanol–water partition coefficient (Wildman–Crippen LogP) is 3.08. The molecule has 0 fully saturated rings. The van der Waals surface area contributed by atoms with Gasteiger partial charge in [0.2, 0.25) is 0 Å². The van der Waals surface area contributed by atoms with E-state index in [1.807, 2.05) is 42.1 Å². The molecule has 0 bridgehead atoms. The molecule has 4 nitrogen and oxygen atoms in total. The highest BCUT2D eigenvalue weighted by molar-refractivity contribution is 5.92. The number of aliphatic imine (C=N–C) groups is 1. The van der Waals surface area contributed by atoms with E-state index >= 15 is 0 Å². The van der Waals surface area contributed by atoms with Gasteiger partial charge in [0.15, 0.2) is 5.96 Å². The highest BCUT2D eigenvalue weighted by atomic mass is 15.1. The molecular weight excluding hydrogens is 248 g/mol. The Hall–Kier alpha value is -2.23. The molecule has 0 saturated heterocycles. The third-order valence-corrected chi connectivity index (χ3v) is 3.29. The quantitative estimate of drug-likeness (QED) is 0.662. The fourth-order valence-electron chi connectivity index (χ4n) is 1.99. The molecule has 0 amide bonds. The molecule has 2 rings (SSSR count). The second-order valence-electron chi connectivity index (χ2n) is 5.22. The summed E-state index contributed by atoms with van der Waals surface area (Å²) in [5, 5.41) is 3.14. The number of anilines is 1. The lowest BCUT2D eigenvalue weighted by molar-refractivity contribution is 0.824. The zero-order valence-corrected chi connectivity index (χ0v) is 12.3. The van der Waals surface area contributed by atoms with E-state index in [1.165, 1.54) is 5.56 Å². The molecule has 0 radical (unpaired) electrons. The molecule has 1 aromatic carbocycles. The molecule has 0 aliphatic rings. The first-order valence-corrected chi connectivity index (χ1v) is 6.83. The van der Waals surface area contributed by atoms with E-state index in [9.17, 15) is 0 Å². The first kappa shape index (κ1) is 14.2. The number of hydrogen-bond acceptors (Lipinski definition) is 1. The summed E-state index contributed by atoms with van der Waals surface area (Å²) >= 11 is 0. The van der Waals surface area contributed by atoms with Crippen molar-refractivity contribution in [1.29, 1.82) is 0 Å². The van der Waals surface area contributed by atoms with E-state index in [-0.39, 0.29) is 0 Å². The van der Waals surface area contributed by atoms with Crippen molar-refractivity contribution >= 4 is 11.6 Å². The second kappa shape index (κ2) is 6.28. The van der Waals surface area contributed by atoms with Crippen molar-refractivity contribution in [3.63, 3.8) is 0 Å². The molecule has 0 aliphatic carbocycles. The highest BCUT2D eigenvalue weighted by Gasteiger charge is 2.01. The molecular formula is C16H22N4. The number of benzene rings is 1. The van der Waals surface area contributed by atoms with Crippen LogP contribution in [0.2, 0.25) is 0 Å².